The van der Waals surface area contributed by atoms with Crippen LogP contribution in [0.2, 0.25) is 0 Å². The third kappa shape index (κ3) is 6.58. The second-order valence-corrected chi connectivity index (χ2v) is 7.73. The highest BCUT2D eigenvalue weighted by Crippen LogP contribution is 2.41. The van der Waals surface area contributed by atoms with Gasteiger partial charge in [-0.2, -0.15) is 0 Å². The van der Waals surface area contributed by atoms with Gasteiger partial charge in [-0.05, 0) is 51.7 Å². The van der Waals surface area contributed by atoms with Crippen molar-refractivity contribution >= 4 is 12.1 Å². The highest BCUT2D eigenvalue weighted by atomic mass is 16.6. The van der Waals surface area contributed by atoms with Gasteiger partial charge in [-0.25, -0.2) is 4.79 Å². The zero-order chi connectivity index (χ0) is 19.2. The molecule has 0 heterocycles. The molecule has 0 saturated heterocycles. The number of amides is 1. The number of carbonyl (C=O) groups excluding carboxylic acids is 1. The lowest BCUT2D eigenvalue weighted by molar-refractivity contribution is 0.0527. The molecule has 26 heavy (non-hydrogen) atoms. The summed E-state index contributed by atoms with van der Waals surface area (Å²) in [7, 11) is 1.78. The summed E-state index contributed by atoms with van der Waals surface area (Å²) in [5, 5.41) is 9.53. The number of nitrogens with zero attached hydrogens (tertiary/aromatic N) is 1. The average molecular weight is 361 g/mol. The lowest BCUT2D eigenvalue weighted by Gasteiger charge is -2.19. The van der Waals surface area contributed by atoms with Crippen LogP contribution in [0.3, 0.4) is 0 Å². The molecule has 0 aromatic heterocycles. The van der Waals surface area contributed by atoms with E-state index in [0.717, 1.165) is 25.3 Å². The summed E-state index contributed by atoms with van der Waals surface area (Å²) in [6, 6.07) is 8.98. The minimum absolute atomic E-state index is 0.376. The first-order valence-corrected chi connectivity index (χ1v) is 9.29. The van der Waals surface area contributed by atoms with Gasteiger partial charge in [0, 0.05) is 32.1 Å². The number of carbonyl (C=O) groups is 1. The van der Waals surface area contributed by atoms with E-state index in [-0.39, 0.29) is 6.09 Å². The van der Waals surface area contributed by atoms with Crippen LogP contribution < -0.4 is 16.0 Å². The molecule has 6 nitrogen and oxygen atoms in total. The van der Waals surface area contributed by atoms with Crippen molar-refractivity contribution in [2.75, 3.05) is 20.1 Å². The second kappa shape index (κ2) is 8.92. The molecule has 2 rings (SSSR count). The van der Waals surface area contributed by atoms with Crippen LogP contribution in [0.25, 0.3) is 0 Å². The van der Waals surface area contributed by atoms with Crippen LogP contribution in [0, 0.1) is 6.92 Å². The topological polar surface area (TPSA) is 74.8 Å². The van der Waals surface area contributed by atoms with Gasteiger partial charge in [-0.3, -0.25) is 4.99 Å². The summed E-state index contributed by atoms with van der Waals surface area (Å²) in [4.78, 5) is 15.9. The largest absolute Gasteiger partial charge is 0.444 e. The third-order valence-corrected chi connectivity index (χ3v) is 4.24. The number of alkyl carbamates (subject to hydrolysis) is 1. The van der Waals surface area contributed by atoms with Crippen molar-refractivity contribution in [1.29, 1.82) is 0 Å². The molecular weight excluding hydrogens is 328 g/mol. The van der Waals surface area contributed by atoms with Crippen molar-refractivity contribution in [3.8, 4) is 0 Å². The molecule has 6 heteroatoms. The van der Waals surface area contributed by atoms with Gasteiger partial charge in [-0.1, -0.05) is 24.3 Å². The second-order valence-electron chi connectivity index (χ2n) is 7.73. The Hall–Kier alpha value is -2.24. The van der Waals surface area contributed by atoms with Crippen molar-refractivity contribution in [2.45, 2.75) is 58.1 Å². The smallest absolute Gasteiger partial charge is 0.407 e. The minimum Gasteiger partial charge on any atom is -0.444 e. The third-order valence-electron chi connectivity index (χ3n) is 4.24. The summed E-state index contributed by atoms with van der Waals surface area (Å²) in [5.41, 5.74) is 2.30. The molecule has 3 N–H and O–H groups in total. The maximum Gasteiger partial charge on any atom is 0.407 e. The molecule has 144 valence electrons. The standard InChI is InChI=1S/C20H32N4O2/c1-14-9-6-7-10-15(14)16-13-17(16)24-18(21-5)22-11-8-12-23-19(25)26-20(2,3)4/h6-7,9-10,16-17H,8,11-13H2,1-5H3,(H,23,25)(H2,21,22,24). The monoisotopic (exact) mass is 360 g/mol. The van der Waals surface area contributed by atoms with Crippen LogP contribution in [0.5, 0.6) is 0 Å². The zero-order valence-electron chi connectivity index (χ0n) is 16.6. The molecule has 2 unspecified atom stereocenters. The van der Waals surface area contributed by atoms with Crippen LogP contribution in [0.1, 0.15) is 50.7 Å². The lowest BCUT2D eigenvalue weighted by Crippen LogP contribution is -2.40. The van der Waals surface area contributed by atoms with Crippen molar-refractivity contribution < 1.29 is 9.53 Å². The van der Waals surface area contributed by atoms with Crippen LogP contribution in [-0.2, 0) is 4.74 Å². The molecule has 1 aromatic carbocycles. The highest BCUT2D eigenvalue weighted by Gasteiger charge is 2.39. The van der Waals surface area contributed by atoms with Gasteiger partial charge < -0.3 is 20.7 Å². The Balaban J connectivity index is 1.64. The van der Waals surface area contributed by atoms with Crippen molar-refractivity contribution in [2.24, 2.45) is 4.99 Å². The van der Waals surface area contributed by atoms with Crippen LogP contribution >= 0.6 is 0 Å². The van der Waals surface area contributed by atoms with Gasteiger partial charge in [-0.15, -0.1) is 0 Å². The number of benzene rings is 1. The van der Waals surface area contributed by atoms with E-state index in [1.807, 2.05) is 20.8 Å². The van der Waals surface area contributed by atoms with E-state index in [9.17, 15) is 4.79 Å². The number of guanidine groups is 1. The molecule has 1 amide bonds. The summed E-state index contributed by atoms with van der Waals surface area (Å²) < 4.78 is 5.20. The van der Waals surface area contributed by atoms with Crippen LogP contribution in [0.15, 0.2) is 29.3 Å². The number of rotatable bonds is 6. The first-order valence-electron chi connectivity index (χ1n) is 9.29. The van der Waals surface area contributed by atoms with Crippen molar-refractivity contribution in [3.63, 3.8) is 0 Å². The van der Waals surface area contributed by atoms with Gasteiger partial charge in [0.05, 0.1) is 0 Å². The maximum atomic E-state index is 11.6. The fraction of sp³-hybridized carbons (Fsp3) is 0.600. The molecule has 0 spiro atoms. The van der Waals surface area contributed by atoms with Gasteiger partial charge in [0.25, 0.3) is 0 Å². The zero-order valence-corrected chi connectivity index (χ0v) is 16.6. The molecule has 1 aromatic rings. The maximum absolute atomic E-state index is 11.6. The van der Waals surface area contributed by atoms with Gasteiger partial charge >= 0.3 is 6.09 Å². The van der Waals surface area contributed by atoms with Gasteiger partial charge in [0.15, 0.2) is 5.96 Å². The lowest BCUT2D eigenvalue weighted by atomic mass is 10.0. The number of aliphatic imine (C=N–C) groups is 1. The first-order chi connectivity index (χ1) is 12.3. The van der Waals surface area contributed by atoms with E-state index in [1.54, 1.807) is 7.05 Å². The molecule has 0 radical (unpaired) electrons. The molecular formula is C20H32N4O2. The normalized spacial score (nSPS) is 19.7. The number of aryl methyl sites for hydroxylation is 1. The average Bonchev–Trinajstić information content (AvgIpc) is 3.31. The van der Waals surface area contributed by atoms with Crippen molar-refractivity contribution in [1.82, 2.24) is 16.0 Å². The summed E-state index contributed by atoms with van der Waals surface area (Å²) in [6.07, 6.45) is 1.55. The number of hydrogen-bond acceptors (Lipinski definition) is 3. The van der Waals surface area contributed by atoms with Gasteiger partial charge in [0.1, 0.15) is 5.60 Å². The molecule has 1 fully saturated rings. The Labute approximate surface area is 156 Å². The predicted molar refractivity (Wildman–Crippen MR) is 106 cm³/mol. The SMILES string of the molecule is CN=C(NCCCNC(=O)OC(C)(C)C)NC1CC1c1ccccc1C. The molecule has 1 aliphatic rings. The first kappa shape index (κ1) is 20.1. The van der Waals surface area contributed by atoms with Crippen molar-refractivity contribution in [3.05, 3.63) is 35.4 Å². The Kier molecular flexibility index (Phi) is 6.89. The Morgan fingerprint density at radius 3 is 2.58 bits per heavy atom. The summed E-state index contributed by atoms with van der Waals surface area (Å²) >= 11 is 0. The highest BCUT2D eigenvalue weighted by molar-refractivity contribution is 5.80. The quantitative estimate of drug-likeness (QED) is 0.414. The summed E-state index contributed by atoms with van der Waals surface area (Å²) in [6.45, 7) is 9.02. The van der Waals surface area contributed by atoms with E-state index in [0.29, 0.717) is 18.5 Å². The van der Waals surface area contributed by atoms with E-state index in [2.05, 4.69) is 52.1 Å². The van der Waals surface area contributed by atoms with E-state index >= 15 is 0 Å². The molecule has 1 saturated carbocycles. The minimum atomic E-state index is -0.466. The molecule has 0 bridgehead atoms. The number of ether oxygens (including phenoxy) is 1. The van der Waals surface area contributed by atoms with Crippen LogP contribution in [0.4, 0.5) is 4.79 Å². The molecule has 0 aliphatic heterocycles. The fourth-order valence-electron chi connectivity index (χ4n) is 2.87. The van der Waals surface area contributed by atoms with Crippen LogP contribution in [-0.4, -0.2) is 43.8 Å². The van der Waals surface area contributed by atoms with E-state index in [4.69, 9.17) is 4.74 Å². The number of nitrogens with one attached hydrogen (secondary N) is 3. The number of hydrogen-bond donors (Lipinski definition) is 3. The summed E-state index contributed by atoms with van der Waals surface area (Å²) in [5.74, 6) is 1.37. The Morgan fingerprint density at radius 2 is 1.92 bits per heavy atom. The van der Waals surface area contributed by atoms with E-state index in [1.165, 1.54) is 11.1 Å². The molecule has 1 aliphatic carbocycles. The Bertz CT molecular complexity index is 637. The van der Waals surface area contributed by atoms with E-state index < -0.39 is 5.60 Å². The van der Waals surface area contributed by atoms with Gasteiger partial charge in [0.2, 0.25) is 0 Å². The predicted octanol–water partition coefficient (Wildman–Crippen LogP) is 2.93. The fourth-order valence-corrected chi connectivity index (χ4v) is 2.87. The molecule has 2 atom stereocenters. The Morgan fingerprint density at radius 1 is 1.23 bits per heavy atom.